The van der Waals surface area contributed by atoms with Gasteiger partial charge in [0.1, 0.15) is 6.33 Å². The summed E-state index contributed by atoms with van der Waals surface area (Å²) in [4.78, 5) is 17.3. The van der Waals surface area contributed by atoms with Crippen LogP contribution in [0.3, 0.4) is 0 Å². The van der Waals surface area contributed by atoms with Crippen molar-refractivity contribution >= 4 is 28.5 Å². The predicted octanol–water partition coefficient (Wildman–Crippen LogP) is 3.77. The number of hydrogen-bond acceptors (Lipinski definition) is 4. The van der Waals surface area contributed by atoms with Crippen molar-refractivity contribution in [2.45, 2.75) is 19.0 Å². The summed E-state index contributed by atoms with van der Waals surface area (Å²) >= 11 is 6.43. The second-order valence-corrected chi connectivity index (χ2v) is 8.68. The minimum Gasteiger partial charge on any atom is -0.348 e. The minimum atomic E-state index is -0.103. The van der Waals surface area contributed by atoms with Crippen LogP contribution in [0.25, 0.3) is 11.0 Å². The Kier molecular flexibility index (Phi) is 6.28. The Hall–Kier alpha value is -3.35. The highest BCUT2D eigenvalue weighted by atomic mass is 35.5. The molecule has 1 aromatic heterocycles. The molecule has 33 heavy (non-hydrogen) atoms. The number of fused-ring (bicyclic) bond motifs is 1. The fraction of sp³-hybridized carbons (Fsp3) is 0.231. The number of carbonyl (C=O) groups is 1. The topological polar surface area (TPSA) is 62.2 Å². The largest absolute Gasteiger partial charge is 0.348 e. The lowest BCUT2D eigenvalue weighted by molar-refractivity contribution is 0.0951. The van der Waals surface area contributed by atoms with E-state index in [1.165, 1.54) is 0 Å². The maximum absolute atomic E-state index is 12.7. The highest BCUT2D eigenvalue weighted by Crippen LogP contribution is 2.21. The van der Waals surface area contributed by atoms with E-state index in [1.807, 2.05) is 73.1 Å². The normalized spacial score (nSPS) is 16.2. The molecule has 0 radical (unpaired) electrons. The van der Waals surface area contributed by atoms with Gasteiger partial charge in [-0.05, 0) is 41.8 Å². The Morgan fingerprint density at radius 2 is 1.91 bits per heavy atom. The molecule has 0 saturated carbocycles. The highest BCUT2D eigenvalue weighted by Gasteiger charge is 2.25. The number of piperazine rings is 1. The van der Waals surface area contributed by atoms with E-state index >= 15 is 0 Å². The summed E-state index contributed by atoms with van der Waals surface area (Å²) in [6.45, 7) is 3.13. The zero-order valence-corrected chi connectivity index (χ0v) is 19.0. The van der Waals surface area contributed by atoms with Gasteiger partial charge < -0.3 is 15.6 Å². The number of nitrogens with zero attached hydrogens (tertiary/aromatic N) is 3. The first kappa shape index (κ1) is 21.5. The van der Waals surface area contributed by atoms with Gasteiger partial charge in [-0.3, -0.25) is 4.79 Å². The van der Waals surface area contributed by atoms with E-state index in [0.29, 0.717) is 12.1 Å². The van der Waals surface area contributed by atoms with E-state index in [0.717, 1.165) is 53.2 Å². The zero-order valence-electron chi connectivity index (χ0n) is 18.2. The second kappa shape index (κ2) is 9.65. The van der Waals surface area contributed by atoms with Gasteiger partial charge in [-0.25, -0.2) is 9.66 Å². The summed E-state index contributed by atoms with van der Waals surface area (Å²) in [7, 11) is 0. The van der Waals surface area contributed by atoms with Crippen molar-refractivity contribution in [3.63, 3.8) is 0 Å². The molecule has 2 N–H and O–H groups in total. The van der Waals surface area contributed by atoms with Gasteiger partial charge in [0.15, 0.2) is 0 Å². The summed E-state index contributed by atoms with van der Waals surface area (Å²) in [5.41, 5.74) is 4.61. The summed E-state index contributed by atoms with van der Waals surface area (Å²) < 4.78 is 2.11. The molecule has 2 heterocycles. The number of imidazole rings is 1. The van der Waals surface area contributed by atoms with E-state index in [1.54, 1.807) is 0 Å². The number of rotatable bonds is 6. The maximum atomic E-state index is 12.7. The molecule has 5 rings (SSSR count). The van der Waals surface area contributed by atoms with E-state index in [9.17, 15) is 4.79 Å². The first-order chi connectivity index (χ1) is 16.2. The number of aromatic nitrogens is 2. The van der Waals surface area contributed by atoms with Crippen LogP contribution in [0, 0.1) is 0 Å². The van der Waals surface area contributed by atoms with Crippen molar-refractivity contribution in [2.24, 2.45) is 0 Å². The quantitative estimate of drug-likeness (QED) is 0.460. The predicted molar refractivity (Wildman–Crippen MR) is 132 cm³/mol. The number of benzene rings is 3. The Morgan fingerprint density at radius 1 is 1.09 bits per heavy atom. The number of carbonyl (C=O) groups excluding carboxylic acids is 1. The Morgan fingerprint density at radius 3 is 2.76 bits per heavy atom. The van der Waals surface area contributed by atoms with E-state index in [4.69, 9.17) is 11.6 Å². The lowest BCUT2D eigenvalue weighted by Crippen LogP contribution is -2.57. The monoisotopic (exact) mass is 459 g/mol. The molecule has 4 aromatic rings. The van der Waals surface area contributed by atoms with Crippen molar-refractivity contribution in [3.8, 4) is 0 Å². The average molecular weight is 460 g/mol. The molecule has 0 bridgehead atoms. The summed E-state index contributed by atoms with van der Waals surface area (Å²) in [5.74, 6) is -0.103. The fourth-order valence-corrected chi connectivity index (χ4v) is 4.57. The fourth-order valence-electron chi connectivity index (χ4n) is 4.36. The molecule has 1 aliphatic heterocycles. The van der Waals surface area contributed by atoms with Crippen LogP contribution in [0.2, 0.25) is 5.02 Å². The van der Waals surface area contributed by atoms with Crippen LogP contribution in [0.4, 0.5) is 0 Å². The lowest BCUT2D eigenvalue weighted by atomic mass is 10.0. The standard InChI is InChI=1S/C26H26ClN5O/c27-23-9-5-4-8-20(23)14-22-17-28-12-13-31(22)32-18-30-24-15-21(10-11-25(24)32)26(33)29-16-19-6-2-1-3-7-19/h1-11,15,18,22,28H,12-14,16-17H2,(H,29,33). The Balaban J connectivity index is 1.35. The van der Waals surface area contributed by atoms with Crippen LogP contribution in [-0.4, -0.2) is 41.2 Å². The van der Waals surface area contributed by atoms with Crippen LogP contribution in [0.15, 0.2) is 79.1 Å². The van der Waals surface area contributed by atoms with Gasteiger partial charge in [-0.1, -0.05) is 60.1 Å². The van der Waals surface area contributed by atoms with Gasteiger partial charge in [0.05, 0.1) is 17.1 Å². The van der Waals surface area contributed by atoms with Crippen molar-refractivity contribution < 1.29 is 4.79 Å². The number of halogens is 1. The van der Waals surface area contributed by atoms with Crippen molar-refractivity contribution in [3.05, 3.63) is 101 Å². The first-order valence-electron chi connectivity index (χ1n) is 11.2. The summed E-state index contributed by atoms with van der Waals surface area (Å²) in [5, 5.41) is 9.61. The molecule has 1 unspecified atom stereocenters. The van der Waals surface area contributed by atoms with Gasteiger partial charge in [0.2, 0.25) is 0 Å². The Bertz CT molecular complexity index is 1260. The molecule has 168 valence electrons. The number of hydrogen-bond donors (Lipinski definition) is 2. The second-order valence-electron chi connectivity index (χ2n) is 8.28. The van der Waals surface area contributed by atoms with Gasteiger partial charge in [0, 0.05) is 36.8 Å². The van der Waals surface area contributed by atoms with Crippen molar-refractivity contribution in [2.75, 3.05) is 24.6 Å². The molecule has 1 aliphatic rings. The van der Waals surface area contributed by atoms with Crippen LogP contribution >= 0.6 is 11.6 Å². The molecule has 6 nitrogen and oxygen atoms in total. The number of nitrogens with one attached hydrogen (secondary N) is 2. The number of amides is 1. The molecule has 1 amide bonds. The molecule has 0 spiro atoms. The van der Waals surface area contributed by atoms with E-state index < -0.39 is 0 Å². The summed E-state index contributed by atoms with van der Waals surface area (Å²) in [6, 6.07) is 23.9. The minimum absolute atomic E-state index is 0.103. The summed E-state index contributed by atoms with van der Waals surface area (Å²) in [6.07, 6.45) is 2.69. The lowest BCUT2D eigenvalue weighted by Gasteiger charge is -2.38. The van der Waals surface area contributed by atoms with E-state index in [-0.39, 0.29) is 11.9 Å². The van der Waals surface area contributed by atoms with Crippen LogP contribution in [-0.2, 0) is 13.0 Å². The van der Waals surface area contributed by atoms with E-state index in [2.05, 4.69) is 31.4 Å². The molecule has 3 aromatic carbocycles. The molecule has 0 aliphatic carbocycles. The molecular formula is C26H26ClN5O. The van der Waals surface area contributed by atoms with Crippen LogP contribution in [0.5, 0.6) is 0 Å². The third-order valence-electron chi connectivity index (χ3n) is 6.10. The smallest absolute Gasteiger partial charge is 0.251 e. The van der Waals surface area contributed by atoms with Crippen LogP contribution in [0.1, 0.15) is 21.5 Å². The van der Waals surface area contributed by atoms with Crippen molar-refractivity contribution in [1.29, 1.82) is 0 Å². The molecule has 1 atom stereocenters. The third kappa shape index (κ3) is 4.72. The van der Waals surface area contributed by atoms with Gasteiger partial charge in [-0.15, -0.1) is 0 Å². The molecule has 7 heteroatoms. The molecular weight excluding hydrogens is 434 g/mol. The SMILES string of the molecule is O=C(NCc1ccccc1)c1ccc2c(c1)ncn2N1CCNCC1Cc1ccccc1Cl. The first-order valence-corrected chi connectivity index (χ1v) is 11.6. The highest BCUT2D eigenvalue weighted by molar-refractivity contribution is 6.31. The molecule has 1 saturated heterocycles. The van der Waals surface area contributed by atoms with Gasteiger partial charge in [-0.2, -0.15) is 0 Å². The third-order valence-corrected chi connectivity index (χ3v) is 6.46. The van der Waals surface area contributed by atoms with Crippen LogP contribution < -0.4 is 15.6 Å². The van der Waals surface area contributed by atoms with Gasteiger partial charge in [0.25, 0.3) is 5.91 Å². The van der Waals surface area contributed by atoms with Crippen molar-refractivity contribution in [1.82, 2.24) is 20.3 Å². The molecule has 1 fully saturated rings. The van der Waals surface area contributed by atoms with Gasteiger partial charge >= 0.3 is 0 Å². The maximum Gasteiger partial charge on any atom is 0.251 e. The Labute approximate surface area is 198 Å². The zero-order chi connectivity index (χ0) is 22.6. The average Bonchev–Trinajstić information content (AvgIpc) is 3.28.